The van der Waals surface area contributed by atoms with Crippen LogP contribution in [0.2, 0.25) is 0 Å². The van der Waals surface area contributed by atoms with E-state index < -0.39 is 6.29 Å². The Morgan fingerprint density at radius 3 is 2.12 bits per heavy atom. The summed E-state index contributed by atoms with van der Waals surface area (Å²) < 4.78 is 9.25. The van der Waals surface area contributed by atoms with Gasteiger partial charge in [-0.05, 0) is 0 Å². The van der Waals surface area contributed by atoms with Crippen molar-refractivity contribution in [1.82, 2.24) is 0 Å². The lowest BCUT2D eigenvalue weighted by atomic mass is 10.6. The Morgan fingerprint density at radius 1 is 1.50 bits per heavy atom. The van der Waals surface area contributed by atoms with E-state index in [0.717, 1.165) is 0 Å². The standard InChI is InChI=1S/C4H9NO3/c1-7-4(8-2)3-5-6/h4H,3H2,1-2H3. The molecule has 0 aliphatic rings. The van der Waals surface area contributed by atoms with Gasteiger partial charge < -0.3 is 9.47 Å². The predicted molar refractivity (Wildman–Crippen MR) is 28.5 cm³/mol. The first-order valence-electron chi connectivity index (χ1n) is 2.19. The van der Waals surface area contributed by atoms with Crippen LogP contribution in [-0.4, -0.2) is 27.1 Å². The molecule has 0 heterocycles. The zero-order valence-electron chi connectivity index (χ0n) is 4.96. The Morgan fingerprint density at radius 2 is 2.00 bits per heavy atom. The third kappa shape index (κ3) is 2.65. The fourth-order valence-electron chi connectivity index (χ4n) is 0.306. The molecule has 4 nitrogen and oxygen atoms in total. The molecule has 0 aromatic heterocycles. The Labute approximate surface area is 47.8 Å². The van der Waals surface area contributed by atoms with Crippen LogP contribution in [0, 0.1) is 4.91 Å². The van der Waals surface area contributed by atoms with Crippen molar-refractivity contribution in [3.8, 4) is 0 Å². The van der Waals surface area contributed by atoms with Crippen molar-refractivity contribution in [2.45, 2.75) is 6.29 Å². The van der Waals surface area contributed by atoms with Crippen molar-refractivity contribution in [2.24, 2.45) is 5.18 Å². The second-order valence-electron chi connectivity index (χ2n) is 1.21. The molecule has 0 saturated heterocycles. The van der Waals surface area contributed by atoms with Crippen LogP contribution in [0.3, 0.4) is 0 Å². The molecule has 0 aliphatic carbocycles. The Bertz CT molecular complexity index is 62.3. The predicted octanol–water partition coefficient (Wildman–Crippen LogP) is 0.372. The molecular formula is C4H9NO3. The van der Waals surface area contributed by atoms with Crippen molar-refractivity contribution in [2.75, 3.05) is 20.8 Å². The SMILES string of the molecule is COC(CN=O)OC. The van der Waals surface area contributed by atoms with E-state index in [4.69, 9.17) is 0 Å². The molecule has 0 aromatic carbocycles. The molecule has 0 aliphatic heterocycles. The molecule has 0 saturated carbocycles. The number of ether oxygens (including phenoxy) is 2. The van der Waals surface area contributed by atoms with Crippen LogP contribution in [0.4, 0.5) is 0 Å². The van der Waals surface area contributed by atoms with Gasteiger partial charge in [-0.3, -0.25) is 0 Å². The maximum absolute atomic E-state index is 9.52. The second-order valence-corrected chi connectivity index (χ2v) is 1.21. The molecule has 0 rings (SSSR count). The lowest BCUT2D eigenvalue weighted by Crippen LogP contribution is -2.15. The summed E-state index contributed by atoms with van der Waals surface area (Å²) in [6.07, 6.45) is -0.479. The Balaban J connectivity index is 3.20. The molecule has 4 heteroatoms. The van der Waals surface area contributed by atoms with Gasteiger partial charge >= 0.3 is 0 Å². The fraction of sp³-hybridized carbons (Fsp3) is 1.00. The van der Waals surface area contributed by atoms with Crippen LogP contribution in [0.5, 0.6) is 0 Å². The van der Waals surface area contributed by atoms with E-state index in [2.05, 4.69) is 14.7 Å². The van der Waals surface area contributed by atoms with Crippen molar-refractivity contribution in [3.63, 3.8) is 0 Å². The molecule has 48 valence electrons. The van der Waals surface area contributed by atoms with Crippen LogP contribution >= 0.6 is 0 Å². The van der Waals surface area contributed by atoms with E-state index >= 15 is 0 Å². The van der Waals surface area contributed by atoms with E-state index in [1.807, 2.05) is 0 Å². The minimum atomic E-state index is -0.479. The zero-order valence-corrected chi connectivity index (χ0v) is 4.96. The number of methoxy groups -OCH3 is 2. The minimum Gasteiger partial charge on any atom is -0.354 e. The molecule has 0 aromatic rings. The molecule has 0 radical (unpaired) electrons. The van der Waals surface area contributed by atoms with Crippen molar-refractivity contribution >= 4 is 0 Å². The van der Waals surface area contributed by atoms with Gasteiger partial charge in [-0.15, -0.1) is 0 Å². The lowest BCUT2D eigenvalue weighted by Gasteiger charge is -2.06. The van der Waals surface area contributed by atoms with Gasteiger partial charge in [0.15, 0.2) is 6.29 Å². The van der Waals surface area contributed by atoms with E-state index in [1.54, 1.807) is 0 Å². The normalized spacial score (nSPS) is 9.88. The van der Waals surface area contributed by atoms with Gasteiger partial charge in [-0.1, -0.05) is 5.18 Å². The van der Waals surface area contributed by atoms with E-state index in [9.17, 15) is 4.91 Å². The van der Waals surface area contributed by atoms with Crippen LogP contribution in [0.25, 0.3) is 0 Å². The third-order valence-corrected chi connectivity index (χ3v) is 0.749. The lowest BCUT2D eigenvalue weighted by molar-refractivity contribution is -0.0938. The topological polar surface area (TPSA) is 47.9 Å². The highest BCUT2D eigenvalue weighted by Gasteiger charge is 2.01. The smallest absolute Gasteiger partial charge is 0.179 e. The second kappa shape index (κ2) is 4.67. The molecule has 0 bridgehead atoms. The highest BCUT2D eigenvalue weighted by atomic mass is 16.7. The molecule has 0 N–H and O–H groups in total. The van der Waals surface area contributed by atoms with Crippen LogP contribution in [-0.2, 0) is 9.47 Å². The number of hydrogen-bond acceptors (Lipinski definition) is 4. The maximum atomic E-state index is 9.52. The summed E-state index contributed by atoms with van der Waals surface area (Å²) in [6.45, 7) is 0.0486. The fourth-order valence-corrected chi connectivity index (χ4v) is 0.306. The zero-order chi connectivity index (χ0) is 6.41. The number of nitrogens with zero attached hydrogens (tertiary/aromatic N) is 1. The van der Waals surface area contributed by atoms with E-state index in [0.29, 0.717) is 0 Å². The number of nitroso groups, excluding NO2 is 1. The van der Waals surface area contributed by atoms with Gasteiger partial charge in [0.2, 0.25) is 0 Å². The summed E-state index contributed by atoms with van der Waals surface area (Å²) in [6, 6.07) is 0. The Kier molecular flexibility index (Phi) is 4.39. The first-order valence-corrected chi connectivity index (χ1v) is 2.19. The molecule has 0 spiro atoms. The van der Waals surface area contributed by atoms with Crippen molar-refractivity contribution < 1.29 is 9.47 Å². The van der Waals surface area contributed by atoms with Crippen LogP contribution < -0.4 is 0 Å². The number of hydrogen-bond donors (Lipinski definition) is 0. The highest BCUT2D eigenvalue weighted by molar-refractivity contribution is 4.43. The van der Waals surface area contributed by atoms with E-state index in [-0.39, 0.29) is 6.54 Å². The summed E-state index contributed by atoms with van der Waals surface area (Å²) in [7, 11) is 2.92. The van der Waals surface area contributed by atoms with Gasteiger partial charge in [-0.2, -0.15) is 4.91 Å². The highest BCUT2D eigenvalue weighted by Crippen LogP contribution is 1.88. The van der Waals surface area contributed by atoms with Crippen LogP contribution in [0.15, 0.2) is 5.18 Å². The molecule has 0 atom stereocenters. The van der Waals surface area contributed by atoms with Gasteiger partial charge in [0.25, 0.3) is 0 Å². The first-order chi connectivity index (χ1) is 3.85. The van der Waals surface area contributed by atoms with Crippen molar-refractivity contribution in [1.29, 1.82) is 0 Å². The summed E-state index contributed by atoms with van der Waals surface area (Å²) in [4.78, 5) is 9.52. The summed E-state index contributed by atoms with van der Waals surface area (Å²) in [5, 5.41) is 2.58. The molecule has 0 amide bonds. The minimum absolute atomic E-state index is 0.0486. The number of rotatable bonds is 4. The molecule has 0 unspecified atom stereocenters. The summed E-state index contributed by atoms with van der Waals surface area (Å²) >= 11 is 0. The average molecular weight is 119 g/mol. The molecule has 8 heavy (non-hydrogen) atoms. The van der Waals surface area contributed by atoms with Crippen LogP contribution in [0.1, 0.15) is 0 Å². The third-order valence-electron chi connectivity index (χ3n) is 0.749. The van der Waals surface area contributed by atoms with E-state index in [1.165, 1.54) is 14.2 Å². The average Bonchev–Trinajstić information content (AvgIpc) is 1.83. The monoisotopic (exact) mass is 119 g/mol. The quantitative estimate of drug-likeness (QED) is 0.397. The molecular weight excluding hydrogens is 110 g/mol. The Hall–Kier alpha value is -0.480. The largest absolute Gasteiger partial charge is 0.354 e. The van der Waals surface area contributed by atoms with Gasteiger partial charge in [0, 0.05) is 14.2 Å². The van der Waals surface area contributed by atoms with Gasteiger partial charge in [0.05, 0.1) is 0 Å². The summed E-state index contributed by atoms with van der Waals surface area (Å²) in [5.41, 5.74) is 0. The summed E-state index contributed by atoms with van der Waals surface area (Å²) in [5.74, 6) is 0. The molecule has 0 fully saturated rings. The van der Waals surface area contributed by atoms with Gasteiger partial charge in [-0.25, -0.2) is 0 Å². The van der Waals surface area contributed by atoms with Crippen molar-refractivity contribution in [3.05, 3.63) is 4.91 Å². The maximum Gasteiger partial charge on any atom is 0.179 e. The first kappa shape index (κ1) is 7.52. The van der Waals surface area contributed by atoms with Gasteiger partial charge in [0.1, 0.15) is 6.54 Å².